The second-order valence-electron chi connectivity index (χ2n) is 4.72. The van der Waals surface area contributed by atoms with Gasteiger partial charge in [-0.3, -0.25) is 9.36 Å². The molecule has 0 aliphatic rings. The first-order valence-corrected chi connectivity index (χ1v) is 6.46. The van der Waals surface area contributed by atoms with E-state index in [2.05, 4.69) is 15.0 Å². The average molecular weight is 350 g/mol. The van der Waals surface area contributed by atoms with Gasteiger partial charge in [-0.1, -0.05) is 0 Å². The summed E-state index contributed by atoms with van der Waals surface area (Å²) in [5.41, 5.74) is -3.17. The van der Waals surface area contributed by atoms with E-state index in [0.29, 0.717) is 16.7 Å². The quantitative estimate of drug-likeness (QED) is 0.771. The van der Waals surface area contributed by atoms with Gasteiger partial charge in [0.1, 0.15) is 5.82 Å². The number of aryl methyl sites for hydroxylation is 1. The van der Waals surface area contributed by atoms with Crippen molar-refractivity contribution in [3.63, 3.8) is 0 Å². The molecule has 24 heavy (non-hydrogen) atoms. The summed E-state index contributed by atoms with van der Waals surface area (Å²) in [5, 5.41) is 0. The largest absolute Gasteiger partial charge is 0.481 e. The lowest BCUT2D eigenvalue weighted by molar-refractivity contribution is -0.140. The molecule has 2 aromatic heterocycles. The Kier molecular flexibility index (Phi) is 4.81. The molecule has 0 spiro atoms. The predicted molar refractivity (Wildman–Crippen MR) is 70.8 cm³/mol. The summed E-state index contributed by atoms with van der Waals surface area (Å²) in [6.45, 7) is 1.24. The SMILES string of the molecule is COc1nc(C)ncc1Cn1cnc(C(F)(F)C(F)F)c(F)c1=O. The lowest BCUT2D eigenvalue weighted by Gasteiger charge is -2.16. The molecule has 2 heterocycles. The molecule has 0 saturated carbocycles. The molecule has 2 rings (SSSR count). The minimum atomic E-state index is -4.87. The van der Waals surface area contributed by atoms with Crippen LogP contribution in [-0.2, 0) is 12.5 Å². The van der Waals surface area contributed by atoms with Gasteiger partial charge in [-0.25, -0.2) is 18.7 Å². The number of hydrogen-bond acceptors (Lipinski definition) is 5. The van der Waals surface area contributed by atoms with E-state index >= 15 is 0 Å². The zero-order valence-electron chi connectivity index (χ0n) is 12.4. The van der Waals surface area contributed by atoms with Crippen LogP contribution in [-0.4, -0.2) is 33.1 Å². The fourth-order valence-corrected chi connectivity index (χ4v) is 1.86. The highest BCUT2D eigenvalue weighted by molar-refractivity contribution is 5.24. The third kappa shape index (κ3) is 3.19. The summed E-state index contributed by atoms with van der Waals surface area (Å²) in [6.07, 6.45) is -2.34. The van der Waals surface area contributed by atoms with Gasteiger partial charge in [-0.2, -0.15) is 18.2 Å². The predicted octanol–water partition coefficient (Wildman–Crippen LogP) is 1.89. The molecule has 0 bridgehead atoms. The zero-order valence-corrected chi connectivity index (χ0v) is 12.4. The minimum absolute atomic E-state index is 0.0943. The fourth-order valence-electron chi connectivity index (χ4n) is 1.86. The van der Waals surface area contributed by atoms with Crippen LogP contribution in [0.2, 0.25) is 0 Å². The second kappa shape index (κ2) is 6.49. The number of aromatic nitrogens is 4. The van der Waals surface area contributed by atoms with Crippen molar-refractivity contribution in [2.75, 3.05) is 7.11 Å². The molecule has 0 aliphatic carbocycles. The summed E-state index contributed by atoms with van der Waals surface area (Å²) in [6, 6.07) is 0. The van der Waals surface area contributed by atoms with Crippen LogP contribution in [0.5, 0.6) is 5.88 Å². The van der Waals surface area contributed by atoms with Crippen LogP contribution in [0.3, 0.4) is 0 Å². The van der Waals surface area contributed by atoms with Crippen LogP contribution in [0, 0.1) is 12.7 Å². The highest BCUT2D eigenvalue weighted by Gasteiger charge is 2.47. The van der Waals surface area contributed by atoms with E-state index in [4.69, 9.17) is 4.74 Å². The van der Waals surface area contributed by atoms with Crippen LogP contribution in [0.15, 0.2) is 17.3 Å². The van der Waals surface area contributed by atoms with Gasteiger partial charge in [-0.15, -0.1) is 0 Å². The summed E-state index contributed by atoms with van der Waals surface area (Å²) in [4.78, 5) is 22.6. The molecule has 2 aromatic rings. The maximum absolute atomic E-state index is 13.8. The first-order valence-electron chi connectivity index (χ1n) is 6.46. The number of ether oxygens (including phenoxy) is 1. The Morgan fingerprint density at radius 2 is 2.00 bits per heavy atom. The van der Waals surface area contributed by atoms with Crippen molar-refractivity contribution in [3.05, 3.63) is 45.8 Å². The van der Waals surface area contributed by atoms with Crippen molar-refractivity contribution in [2.24, 2.45) is 0 Å². The van der Waals surface area contributed by atoms with Gasteiger partial charge >= 0.3 is 12.3 Å². The normalized spacial score (nSPS) is 11.8. The summed E-state index contributed by atoms with van der Waals surface area (Å²) < 4.78 is 70.4. The van der Waals surface area contributed by atoms with Gasteiger partial charge in [0.25, 0.3) is 5.56 Å². The fraction of sp³-hybridized carbons (Fsp3) is 0.385. The van der Waals surface area contributed by atoms with Crippen molar-refractivity contribution < 1.29 is 26.7 Å². The van der Waals surface area contributed by atoms with Crippen molar-refractivity contribution in [1.82, 2.24) is 19.5 Å². The third-order valence-electron chi connectivity index (χ3n) is 3.05. The van der Waals surface area contributed by atoms with Gasteiger partial charge in [0.2, 0.25) is 11.7 Å². The summed E-state index contributed by atoms with van der Waals surface area (Å²) in [7, 11) is 1.30. The van der Waals surface area contributed by atoms with E-state index in [-0.39, 0.29) is 18.0 Å². The Morgan fingerprint density at radius 1 is 1.33 bits per heavy atom. The van der Waals surface area contributed by atoms with E-state index in [1.165, 1.54) is 13.3 Å². The van der Waals surface area contributed by atoms with E-state index < -0.39 is 29.4 Å². The topological polar surface area (TPSA) is 69.9 Å². The number of alkyl halides is 4. The smallest absolute Gasteiger partial charge is 0.352 e. The minimum Gasteiger partial charge on any atom is -0.481 e. The van der Waals surface area contributed by atoms with Gasteiger partial charge in [0.15, 0.2) is 5.69 Å². The lowest BCUT2D eigenvalue weighted by Crippen LogP contribution is -2.33. The summed E-state index contributed by atoms with van der Waals surface area (Å²) >= 11 is 0. The van der Waals surface area contributed by atoms with Crippen LogP contribution in [0.25, 0.3) is 0 Å². The highest BCUT2D eigenvalue weighted by atomic mass is 19.3. The Labute approximate surface area is 132 Å². The van der Waals surface area contributed by atoms with Gasteiger partial charge in [0.05, 0.1) is 25.5 Å². The third-order valence-corrected chi connectivity index (χ3v) is 3.05. The number of methoxy groups -OCH3 is 1. The van der Waals surface area contributed by atoms with Gasteiger partial charge in [0, 0.05) is 6.20 Å². The molecule has 0 atom stereocenters. The lowest BCUT2D eigenvalue weighted by atomic mass is 10.2. The molecular formula is C13H11F5N4O2. The molecule has 0 fully saturated rings. The molecule has 0 aliphatic heterocycles. The monoisotopic (exact) mass is 350 g/mol. The molecule has 130 valence electrons. The van der Waals surface area contributed by atoms with E-state index in [1.54, 1.807) is 6.92 Å². The first-order chi connectivity index (χ1) is 11.2. The van der Waals surface area contributed by atoms with Crippen LogP contribution >= 0.6 is 0 Å². The van der Waals surface area contributed by atoms with Crippen LogP contribution in [0.4, 0.5) is 22.0 Å². The van der Waals surface area contributed by atoms with E-state index in [1.807, 2.05) is 0 Å². The maximum atomic E-state index is 13.8. The van der Waals surface area contributed by atoms with Crippen LogP contribution < -0.4 is 10.3 Å². The molecule has 11 heteroatoms. The Hall–Kier alpha value is -2.59. The molecule has 0 aromatic carbocycles. The Bertz CT molecular complexity index is 809. The van der Waals surface area contributed by atoms with Crippen molar-refractivity contribution >= 4 is 0 Å². The zero-order chi connectivity index (χ0) is 18.1. The number of nitrogens with zero attached hydrogens (tertiary/aromatic N) is 4. The van der Waals surface area contributed by atoms with E-state index in [9.17, 15) is 26.7 Å². The number of hydrogen-bond donors (Lipinski definition) is 0. The second-order valence-corrected chi connectivity index (χ2v) is 4.72. The molecule has 0 N–H and O–H groups in total. The first kappa shape index (κ1) is 17.8. The summed E-state index contributed by atoms with van der Waals surface area (Å²) in [5.74, 6) is -6.45. The molecular weight excluding hydrogens is 339 g/mol. The van der Waals surface area contributed by atoms with Gasteiger partial charge in [-0.05, 0) is 6.92 Å². The van der Waals surface area contributed by atoms with Crippen molar-refractivity contribution in [3.8, 4) is 5.88 Å². The number of rotatable bonds is 5. The highest BCUT2D eigenvalue weighted by Crippen LogP contribution is 2.33. The van der Waals surface area contributed by atoms with E-state index in [0.717, 1.165) is 0 Å². The molecule has 0 radical (unpaired) electrons. The molecule has 0 unspecified atom stereocenters. The Morgan fingerprint density at radius 3 is 2.58 bits per heavy atom. The van der Waals surface area contributed by atoms with Gasteiger partial charge < -0.3 is 4.74 Å². The number of halogens is 5. The Balaban J connectivity index is 2.45. The molecule has 0 amide bonds. The van der Waals surface area contributed by atoms with Crippen molar-refractivity contribution in [1.29, 1.82) is 0 Å². The molecule has 0 saturated heterocycles. The standard InChI is InChI=1S/C13H11F5N4O2/c1-6-19-3-7(10(21-6)24-2)4-22-5-20-9(8(14)11(22)23)13(17,18)12(15)16/h3,5,12H,4H2,1-2H3. The maximum Gasteiger partial charge on any atom is 0.352 e. The van der Waals surface area contributed by atoms with Crippen LogP contribution in [0.1, 0.15) is 17.1 Å². The average Bonchev–Trinajstić information content (AvgIpc) is 2.52. The van der Waals surface area contributed by atoms with Crippen molar-refractivity contribution in [2.45, 2.75) is 25.8 Å². The molecule has 6 nitrogen and oxygen atoms in total.